The van der Waals surface area contributed by atoms with Gasteiger partial charge in [0.25, 0.3) is 5.91 Å². The van der Waals surface area contributed by atoms with Crippen LogP contribution in [0.5, 0.6) is 0 Å². The van der Waals surface area contributed by atoms with E-state index in [0.717, 1.165) is 43.1 Å². The number of hydrogen-bond acceptors (Lipinski definition) is 4. The first-order valence-electron chi connectivity index (χ1n) is 8.58. The summed E-state index contributed by atoms with van der Waals surface area (Å²) in [6.07, 6.45) is 1.59. The first-order valence-corrected chi connectivity index (χ1v) is 8.58. The smallest absolute Gasteiger partial charge is 0.266 e. The van der Waals surface area contributed by atoms with E-state index in [9.17, 15) is 10.1 Å². The molecule has 5 nitrogen and oxygen atoms in total. The van der Waals surface area contributed by atoms with E-state index in [1.807, 2.05) is 61.5 Å². The molecular formula is C21H21N3O2. The summed E-state index contributed by atoms with van der Waals surface area (Å²) in [6.45, 7) is 5.18. The quantitative estimate of drug-likeness (QED) is 0.680. The molecule has 1 amide bonds. The zero-order chi connectivity index (χ0) is 18.4. The van der Waals surface area contributed by atoms with Crippen molar-refractivity contribution < 1.29 is 9.53 Å². The number of carbonyl (C=O) groups is 1. The molecule has 0 bridgehead atoms. The van der Waals surface area contributed by atoms with Crippen LogP contribution in [0.3, 0.4) is 0 Å². The van der Waals surface area contributed by atoms with Crippen LogP contribution in [0.1, 0.15) is 11.1 Å². The second kappa shape index (κ2) is 8.32. The van der Waals surface area contributed by atoms with Crippen LogP contribution in [0.4, 0.5) is 11.4 Å². The van der Waals surface area contributed by atoms with Gasteiger partial charge >= 0.3 is 0 Å². The van der Waals surface area contributed by atoms with Gasteiger partial charge in [-0.25, -0.2) is 0 Å². The van der Waals surface area contributed by atoms with Crippen LogP contribution in [0, 0.1) is 18.3 Å². The Hall–Kier alpha value is -3.10. The molecule has 0 aliphatic carbocycles. The Morgan fingerprint density at radius 2 is 1.77 bits per heavy atom. The normalized spacial score (nSPS) is 14.6. The molecule has 1 aliphatic rings. The standard InChI is InChI=1S/C21H21N3O2/c1-16-2-4-17(5-3-16)14-18(15-22)21(25)23-19-6-8-20(9-7-19)24-10-12-26-13-11-24/h2-9,14H,10-13H2,1H3,(H,23,25). The maximum atomic E-state index is 12.4. The Balaban J connectivity index is 1.68. The van der Waals surface area contributed by atoms with E-state index in [0.29, 0.717) is 5.69 Å². The minimum absolute atomic E-state index is 0.0751. The summed E-state index contributed by atoms with van der Waals surface area (Å²) in [5.41, 5.74) is 3.79. The third kappa shape index (κ3) is 4.50. The minimum atomic E-state index is -0.410. The molecule has 2 aromatic rings. The van der Waals surface area contributed by atoms with E-state index in [4.69, 9.17) is 4.74 Å². The van der Waals surface area contributed by atoms with Crippen molar-refractivity contribution in [1.82, 2.24) is 0 Å². The van der Waals surface area contributed by atoms with Crippen LogP contribution in [0.15, 0.2) is 54.1 Å². The lowest BCUT2D eigenvalue weighted by molar-refractivity contribution is -0.112. The van der Waals surface area contributed by atoms with Crippen LogP contribution in [0.2, 0.25) is 0 Å². The summed E-state index contributed by atoms with van der Waals surface area (Å²) >= 11 is 0. The van der Waals surface area contributed by atoms with Gasteiger partial charge in [0.2, 0.25) is 0 Å². The number of aryl methyl sites for hydroxylation is 1. The lowest BCUT2D eigenvalue weighted by atomic mass is 10.1. The van der Waals surface area contributed by atoms with Gasteiger partial charge in [-0.2, -0.15) is 5.26 Å². The highest BCUT2D eigenvalue weighted by Gasteiger charge is 2.12. The molecule has 1 heterocycles. The fourth-order valence-electron chi connectivity index (χ4n) is 2.75. The van der Waals surface area contributed by atoms with Gasteiger partial charge in [-0.15, -0.1) is 0 Å². The lowest BCUT2D eigenvalue weighted by Crippen LogP contribution is -2.36. The molecule has 0 atom stereocenters. The fraction of sp³-hybridized carbons (Fsp3) is 0.238. The molecule has 2 aromatic carbocycles. The Labute approximate surface area is 153 Å². The van der Waals surface area contributed by atoms with Crippen molar-refractivity contribution in [3.8, 4) is 6.07 Å². The fourth-order valence-corrected chi connectivity index (χ4v) is 2.75. The van der Waals surface area contributed by atoms with Crippen LogP contribution >= 0.6 is 0 Å². The molecule has 0 aromatic heterocycles. The molecule has 1 fully saturated rings. The van der Waals surface area contributed by atoms with Gasteiger partial charge in [0, 0.05) is 24.5 Å². The van der Waals surface area contributed by atoms with Gasteiger partial charge in [0.05, 0.1) is 13.2 Å². The van der Waals surface area contributed by atoms with Crippen LogP contribution in [-0.2, 0) is 9.53 Å². The van der Waals surface area contributed by atoms with Crippen LogP contribution in [0.25, 0.3) is 6.08 Å². The van der Waals surface area contributed by atoms with E-state index >= 15 is 0 Å². The van der Waals surface area contributed by atoms with Crippen LogP contribution in [-0.4, -0.2) is 32.2 Å². The first-order chi connectivity index (χ1) is 12.7. The number of carbonyl (C=O) groups excluding carboxylic acids is 1. The Bertz CT molecular complexity index is 827. The van der Waals surface area contributed by atoms with Gasteiger partial charge < -0.3 is 15.0 Å². The Morgan fingerprint density at radius 3 is 2.38 bits per heavy atom. The molecule has 26 heavy (non-hydrogen) atoms. The van der Waals surface area contributed by atoms with Crippen molar-refractivity contribution in [1.29, 1.82) is 5.26 Å². The molecule has 1 aliphatic heterocycles. The highest BCUT2D eigenvalue weighted by atomic mass is 16.5. The molecule has 3 rings (SSSR count). The van der Waals surface area contributed by atoms with Gasteiger partial charge in [-0.05, 0) is 42.8 Å². The average molecular weight is 347 g/mol. The summed E-state index contributed by atoms with van der Waals surface area (Å²) in [7, 11) is 0. The monoisotopic (exact) mass is 347 g/mol. The van der Waals surface area contributed by atoms with Crippen LogP contribution < -0.4 is 10.2 Å². The summed E-state index contributed by atoms with van der Waals surface area (Å²) in [6, 6.07) is 17.3. The van der Waals surface area contributed by atoms with Gasteiger partial charge in [-0.3, -0.25) is 4.79 Å². The van der Waals surface area contributed by atoms with E-state index < -0.39 is 5.91 Å². The molecule has 0 spiro atoms. The second-order valence-corrected chi connectivity index (χ2v) is 6.18. The number of ether oxygens (including phenoxy) is 1. The number of nitrogens with zero attached hydrogens (tertiary/aromatic N) is 2. The molecule has 5 heteroatoms. The van der Waals surface area contributed by atoms with Crippen molar-refractivity contribution >= 4 is 23.4 Å². The van der Waals surface area contributed by atoms with Gasteiger partial charge in [0.1, 0.15) is 11.6 Å². The van der Waals surface area contributed by atoms with Crippen molar-refractivity contribution in [2.45, 2.75) is 6.92 Å². The molecular weight excluding hydrogens is 326 g/mol. The van der Waals surface area contributed by atoms with Crippen molar-refractivity contribution in [3.63, 3.8) is 0 Å². The number of benzene rings is 2. The lowest BCUT2D eigenvalue weighted by Gasteiger charge is -2.28. The van der Waals surface area contributed by atoms with Crippen molar-refractivity contribution in [3.05, 3.63) is 65.2 Å². The predicted molar refractivity (Wildman–Crippen MR) is 103 cm³/mol. The third-order valence-electron chi connectivity index (χ3n) is 4.25. The first kappa shape index (κ1) is 17.7. The van der Waals surface area contributed by atoms with E-state index in [1.54, 1.807) is 6.08 Å². The molecule has 1 saturated heterocycles. The number of rotatable bonds is 4. The third-order valence-corrected chi connectivity index (χ3v) is 4.25. The molecule has 0 saturated carbocycles. The number of anilines is 2. The Kier molecular flexibility index (Phi) is 5.67. The zero-order valence-corrected chi connectivity index (χ0v) is 14.7. The van der Waals surface area contributed by atoms with E-state index in [1.165, 1.54) is 0 Å². The maximum Gasteiger partial charge on any atom is 0.266 e. The number of morpholine rings is 1. The highest BCUT2D eigenvalue weighted by Crippen LogP contribution is 2.19. The minimum Gasteiger partial charge on any atom is -0.378 e. The summed E-state index contributed by atoms with van der Waals surface area (Å²) in [5, 5.41) is 12.1. The SMILES string of the molecule is Cc1ccc(C=C(C#N)C(=O)Nc2ccc(N3CCOCC3)cc2)cc1. The van der Waals surface area contributed by atoms with E-state index in [-0.39, 0.29) is 5.57 Å². The largest absolute Gasteiger partial charge is 0.378 e. The molecule has 0 unspecified atom stereocenters. The van der Waals surface area contributed by atoms with E-state index in [2.05, 4.69) is 10.2 Å². The summed E-state index contributed by atoms with van der Waals surface area (Å²) < 4.78 is 5.36. The van der Waals surface area contributed by atoms with Gasteiger partial charge in [-0.1, -0.05) is 29.8 Å². The van der Waals surface area contributed by atoms with Crippen molar-refractivity contribution in [2.24, 2.45) is 0 Å². The average Bonchev–Trinajstić information content (AvgIpc) is 2.68. The highest BCUT2D eigenvalue weighted by molar-refractivity contribution is 6.09. The summed E-state index contributed by atoms with van der Waals surface area (Å²) in [5.74, 6) is -0.410. The molecule has 132 valence electrons. The van der Waals surface area contributed by atoms with Gasteiger partial charge in [0.15, 0.2) is 0 Å². The zero-order valence-electron chi connectivity index (χ0n) is 14.7. The Morgan fingerprint density at radius 1 is 1.12 bits per heavy atom. The second-order valence-electron chi connectivity index (χ2n) is 6.18. The van der Waals surface area contributed by atoms with Crippen molar-refractivity contribution in [2.75, 3.05) is 36.5 Å². The summed E-state index contributed by atoms with van der Waals surface area (Å²) in [4.78, 5) is 14.6. The topological polar surface area (TPSA) is 65.4 Å². The molecule has 0 radical (unpaired) electrons. The maximum absolute atomic E-state index is 12.4. The molecule has 1 N–H and O–H groups in total. The number of hydrogen-bond donors (Lipinski definition) is 1. The number of nitriles is 1. The number of nitrogens with one attached hydrogen (secondary N) is 1. The number of amides is 1. The predicted octanol–water partition coefficient (Wildman–Crippen LogP) is 3.38.